The second kappa shape index (κ2) is 2.61. The molecule has 0 saturated carbocycles. The van der Waals surface area contributed by atoms with Gasteiger partial charge in [0.05, 0.1) is 6.04 Å². The van der Waals surface area contributed by atoms with Gasteiger partial charge in [0.15, 0.2) is 0 Å². The third-order valence-corrected chi connectivity index (χ3v) is 2.78. The van der Waals surface area contributed by atoms with Crippen molar-refractivity contribution in [1.29, 1.82) is 0 Å². The first-order valence-corrected chi connectivity index (χ1v) is 4.69. The molecule has 2 aliphatic rings. The highest BCUT2D eigenvalue weighted by Gasteiger charge is 2.44. The molecule has 2 unspecified atom stereocenters. The summed E-state index contributed by atoms with van der Waals surface area (Å²) in [4.78, 5) is 13.2. The lowest BCUT2D eigenvalue weighted by Crippen LogP contribution is -2.42. The average Bonchev–Trinajstić information content (AvgIpc) is 2.40. The number of hydrogen-bond acceptors (Lipinski definition) is 3. The number of rotatable bonds is 0. The summed E-state index contributed by atoms with van der Waals surface area (Å²) in [6.45, 7) is 8.29. The van der Waals surface area contributed by atoms with E-state index in [-0.39, 0.29) is 23.8 Å². The van der Waals surface area contributed by atoms with Gasteiger partial charge >= 0.3 is 6.09 Å². The molecule has 4 heteroatoms. The van der Waals surface area contributed by atoms with Gasteiger partial charge in [-0.25, -0.2) is 4.79 Å². The average molecular weight is 184 g/mol. The van der Waals surface area contributed by atoms with E-state index in [1.54, 1.807) is 0 Å². The molecule has 0 aromatic rings. The van der Waals surface area contributed by atoms with Crippen LogP contribution in [0.1, 0.15) is 20.8 Å². The lowest BCUT2D eigenvalue weighted by atomic mass is 10.1. The van der Waals surface area contributed by atoms with Gasteiger partial charge in [-0.2, -0.15) is 0 Å². The van der Waals surface area contributed by atoms with Crippen LogP contribution in [0.2, 0.25) is 0 Å². The SMILES string of the molecule is CC(C)(C)N1CC2NC(=O)OC2C1. The number of likely N-dealkylation sites (tertiary alicyclic amines) is 1. The molecule has 1 N–H and O–H groups in total. The number of nitrogens with zero attached hydrogens (tertiary/aromatic N) is 1. The molecular weight excluding hydrogens is 168 g/mol. The van der Waals surface area contributed by atoms with Crippen LogP contribution in [0.15, 0.2) is 0 Å². The number of alkyl carbamates (subject to hydrolysis) is 1. The molecule has 2 aliphatic heterocycles. The Bertz CT molecular complexity index is 218. The number of amides is 1. The van der Waals surface area contributed by atoms with Crippen molar-refractivity contribution < 1.29 is 9.53 Å². The van der Waals surface area contributed by atoms with E-state index in [9.17, 15) is 4.79 Å². The summed E-state index contributed by atoms with van der Waals surface area (Å²) in [5, 5.41) is 2.82. The summed E-state index contributed by atoms with van der Waals surface area (Å²) in [5.41, 5.74) is 0.165. The van der Waals surface area contributed by atoms with Crippen LogP contribution in [0.5, 0.6) is 0 Å². The number of carbonyl (C=O) groups is 1. The van der Waals surface area contributed by atoms with Crippen molar-refractivity contribution in [2.75, 3.05) is 13.1 Å². The molecule has 0 aromatic heterocycles. The van der Waals surface area contributed by atoms with Crippen LogP contribution >= 0.6 is 0 Å². The van der Waals surface area contributed by atoms with Gasteiger partial charge in [0, 0.05) is 18.6 Å². The molecule has 13 heavy (non-hydrogen) atoms. The first-order chi connectivity index (χ1) is 5.97. The Labute approximate surface area is 78.2 Å². The Kier molecular flexibility index (Phi) is 1.77. The molecule has 0 bridgehead atoms. The Morgan fingerprint density at radius 3 is 2.69 bits per heavy atom. The van der Waals surface area contributed by atoms with Crippen molar-refractivity contribution in [3.05, 3.63) is 0 Å². The minimum absolute atomic E-state index is 0.0618. The minimum atomic E-state index is -0.261. The zero-order valence-electron chi connectivity index (χ0n) is 8.33. The molecule has 2 heterocycles. The number of carbonyl (C=O) groups excluding carboxylic acids is 1. The number of fused-ring (bicyclic) bond motifs is 1. The van der Waals surface area contributed by atoms with E-state index >= 15 is 0 Å². The topological polar surface area (TPSA) is 41.6 Å². The van der Waals surface area contributed by atoms with Gasteiger partial charge in [-0.3, -0.25) is 4.90 Å². The smallest absolute Gasteiger partial charge is 0.407 e. The number of hydrogen-bond donors (Lipinski definition) is 1. The summed E-state index contributed by atoms with van der Waals surface area (Å²) in [6, 6.07) is 0.201. The van der Waals surface area contributed by atoms with Crippen molar-refractivity contribution in [2.45, 2.75) is 38.5 Å². The van der Waals surface area contributed by atoms with Gasteiger partial charge in [0.1, 0.15) is 6.10 Å². The highest BCUT2D eigenvalue weighted by atomic mass is 16.6. The fraction of sp³-hybridized carbons (Fsp3) is 0.889. The van der Waals surface area contributed by atoms with E-state index in [0.29, 0.717) is 0 Å². The predicted octanol–water partition coefficient (Wildman–Crippen LogP) is 0.577. The molecule has 2 fully saturated rings. The molecule has 4 nitrogen and oxygen atoms in total. The van der Waals surface area contributed by atoms with Crippen LogP contribution in [0, 0.1) is 0 Å². The van der Waals surface area contributed by atoms with E-state index in [0.717, 1.165) is 13.1 Å². The minimum Gasteiger partial charge on any atom is -0.443 e. The number of nitrogens with one attached hydrogen (secondary N) is 1. The molecule has 2 rings (SSSR count). The van der Waals surface area contributed by atoms with Crippen LogP contribution in [-0.2, 0) is 4.74 Å². The standard InChI is InChI=1S/C9H16N2O2/c1-9(2,3)11-4-6-7(5-11)13-8(12)10-6/h6-7H,4-5H2,1-3H3,(H,10,12). The molecule has 0 spiro atoms. The molecule has 1 amide bonds. The maximum Gasteiger partial charge on any atom is 0.407 e. The highest BCUT2D eigenvalue weighted by Crippen LogP contribution is 2.25. The highest BCUT2D eigenvalue weighted by molar-refractivity contribution is 5.70. The third kappa shape index (κ3) is 1.50. The summed E-state index contributed by atoms with van der Waals surface area (Å²) >= 11 is 0. The summed E-state index contributed by atoms with van der Waals surface area (Å²) < 4.78 is 5.12. The Hall–Kier alpha value is -0.770. The van der Waals surface area contributed by atoms with Gasteiger partial charge in [-0.1, -0.05) is 0 Å². The third-order valence-electron chi connectivity index (χ3n) is 2.78. The Morgan fingerprint density at radius 1 is 1.46 bits per heavy atom. The zero-order valence-corrected chi connectivity index (χ0v) is 8.33. The maximum atomic E-state index is 10.9. The van der Waals surface area contributed by atoms with Crippen molar-refractivity contribution >= 4 is 6.09 Å². The van der Waals surface area contributed by atoms with Crippen molar-refractivity contribution in [2.24, 2.45) is 0 Å². The summed E-state index contributed by atoms with van der Waals surface area (Å²) in [5.74, 6) is 0. The zero-order chi connectivity index (χ0) is 9.64. The summed E-state index contributed by atoms with van der Waals surface area (Å²) in [6.07, 6.45) is -0.199. The first kappa shape index (κ1) is 8.81. The molecule has 0 radical (unpaired) electrons. The van der Waals surface area contributed by atoms with Crippen LogP contribution in [-0.4, -0.2) is 41.8 Å². The van der Waals surface area contributed by atoms with Crippen LogP contribution < -0.4 is 5.32 Å². The van der Waals surface area contributed by atoms with E-state index in [4.69, 9.17) is 4.74 Å². The van der Waals surface area contributed by atoms with Crippen LogP contribution in [0.4, 0.5) is 4.79 Å². The summed E-state index contributed by atoms with van der Waals surface area (Å²) in [7, 11) is 0. The molecule has 0 aromatic carbocycles. The van der Waals surface area contributed by atoms with Crippen molar-refractivity contribution in [3.63, 3.8) is 0 Å². The van der Waals surface area contributed by atoms with Crippen LogP contribution in [0.25, 0.3) is 0 Å². The van der Waals surface area contributed by atoms with Crippen molar-refractivity contribution in [3.8, 4) is 0 Å². The fourth-order valence-corrected chi connectivity index (χ4v) is 1.90. The molecule has 0 aliphatic carbocycles. The predicted molar refractivity (Wildman–Crippen MR) is 48.5 cm³/mol. The lowest BCUT2D eigenvalue weighted by molar-refractivity contribution is 0.107. The largest absolute Gasteiger partial charge is 0.443 e. The lowest BCUT2D eigenvalue weighted by Gasteiger charge is -2.31. The van der Waals surface area contributed by atoms with Gasteiger partial charge in [0.25, 0.3) is 0 Å². The second-order valence-corrected chi connectivity index (χ2v) is 4.77. The Balaban J connectivity index is 2.01. The van der Waals surface area contributed by atoms with Gasteiger partial charge < -0.3 is 10.1 Å². The monoisotopic (exact) mass is 184 g/mol. The van der Waals surface area contributed by atoms with Crippen LogP contribution in [0.3, 0.4) is 0 Å². The van der Waals surface area contributed by atoms with Gasteiger partial charge in [0.2, 0.25) is 0 Å². The molecule has 74 valence electrons. The van der Waals surface area contributed by atoms with Gasteiger partial charge in [-0.15, -0.1) is 0 Å². The van der Waals surface area contributed by atoms with Gasteiger partial charge in [-0.05, 0) is 20.8 Å². The van der Waals surface area contributed by atoms with E-state index in [1.807, 2.05) is 0 Å². The van der Waals surface area contributed by atoms with E-state index < -0.39 is 0 Å². The Morgan fingerprint density at radius 2 is 2.15 bits per heavy atom. The molecular formula is C9H16N2O2. The first-order valence-electron chi connectivity index (χ1n) is 4.69. The fourth-order valence-electron chi connectivity index (χ4n) is 1.90. The number of ether oxygens (including phenoxy) is 1. The van der Waals surface area contributed by atoms with Crippen molar-refractivity contribution in [1.82, 2.24) is 10.2 Å². The maximum absolute atomic E-state index is 10.9. The normalized spacial score (nSPS) is 34.2. The van der Waals surface area contributed by atoms with E-state index in [2.05, 4.69) is 31.0 Å². The van der Waals surface area contributed by atoms with E-state index in [1.165, 1.54) is 0 Å². The molecule has 2 atom stereocenters. The quantitative estimate of drug-likeness (QED) is 0.598. The second-order valence-electron chi connectivity index (χ2n) is 4.77. The molecule has 2 saturated heterocycles.